The van der Waals surface area contributed by atoms with Crippen molar-refractivity contribution in [3.05, 3.63) is 89.5 Å². The molecule has 0 bridgehead atoms. The van der Waals surface area contributed by atoms with Gasteiger partial charge < -0.3 is 10.1 Å². The highest BCUT2D eigenvalue weighted by molar-refractivity contribution is 8.00. The lowest BCUT2D eigenvalue weighted by Gasteiger charge is -2.26. The third kappa shape index (κ3) is 5.45. The van der Waals surface area contributed by atoms with Gasteiger partial charge in [-0.15, -0.1) is 11.8 Å². The lowest BCUT2D eigenvalue weighted by molar-refractivity contribution is -0.115. The molecule has 0 unspecified atom stereocenters. The molecule has 1 N–H and O–H groups in total. The minimum Gasteiger partial charge on any atom is -0.492 e. The number of carbonyl (C=O) groups is 2. The summed E-state index contributed by atoms with van der Waals surface area (Å²) < 4.78 is 5.76. The zero-order valence-electron chi connectivity index (χ0n) is 19.6. The smallest absolute Gasteiger partial charge is 0.255 e. The topological polar surface area (TPSA) is 58.6 Å². The third-order valence-electron chi connectivity index (χ3n) is 5.78. The average Bonchev–Trinajstić information content (AvgIpc) is 3.25. The number of rotatable bonds is 9. The number of nitrogens with zero attached hydrogens (tertiary/aromatic N) is 1. The van der Waals surface area contributed by atoms with E-state index in [1.54, 1.807) is 11.8 Å². The number of benzene rings is 3. The normalized spacial score (nSPS) is 15.4. The predicted molar refractivity (Wildman–Crippen MR) is 140 cm³/mol. The quantitative estimate of drug-likeness (QED) is 0.387. The lowest BCUT2D eigenvalue weighted by Crippen LogP contribution is -2.28. The molecule has 4 rings (SSSR count). The van der Waals surface area contributed by atoms with E-state index in [0.717, 1.165) is 36.2 Å². The van der Waals surface area contributed by atoms with Crippen LogP contribution in [-0.4, -0.2) is 24.2 Å². The summed E-state index contributed by atoms with van der Waals surface area (Å²) in [5, 5.41) is 2.83. The first-order valence-electron chi connectivity index (χ1n) is 11.8. The van der Waals surface area contributed by atoms with Gasteiger partial charge in [0, 0.05) is 11.3 Å². The van der Waals surface area contributed by atoms with Gasteiger partial charge in [0.05, 0.1) is 18.0 Å². The molecule has 0 aliphatic carbocycles. The van der Waals surface area contributed by atoms with Crippen LogP contribution in [-0.2, 0) is 11.2 Å². The molecule has 176 valence electrons. The Morgan fingerprint density at radius 2 is 1.76 bits per heavy atom. The van der Waals surface area contributed by atoms with Crippen LogP contribution in [0.1, 0.15) is 53.5 Å². The number of ether oxygens (including phenoxy) is 1. The number of thioether (sulfide) groups is 1. The number of hydrogen-bond donors (Lipinski definition) is 1. The largest absolute Gasteiger partial charge is 0.492 e. The molecule has 3 aromatic carbocycles. The Labute approximate surface area is 205 Å². The Morgan fingerprint density at radius 3 is 2.47 bits per heavy atom. The van der Waals surface area contributed by atoms with Crippen LogP contribution in [0.5, 0.6) is 5.75 Å². The minimum absolute atomic E-state index is 0.0573. The van der Waals surface area contributed by atoms with Crippen LogP contribution in [0.25, 0.3) is 0 Å². The fourth-order valence-corrected chi connectivity index (χ4v) is 5.17. The second-order valence-electron chi connectivity index (χ2n) is 8.20. The van der Waals surface area contributed by atoms with Gasteiger partial charge in [-0.3, -0.25) is 14.5 Å². The van der Waals surface area contributed by atoms with E-state index in [4.69, 9.17) is 4.74 Å². The minimum atomic E-state index is -0.144. The molecular formula is C28H30N2O3S. The monoisotopic (exact) mass is 474 g/mol. The molecule has 34 heavy (non-hydrogen) atoms. The van der Waals surface area contributed by atoms with Crippen molar-refractivity contribution in [2.75, 3.05) is 22.6 Å². The van der Waals surface area contributed by atoms with E-state index >= 15 is 0 Å². The van der Waals surface area contributed by atoms with Gasteiger partial charge in [-0.1, -0.05) is 49.7 Å². The van der Waals surface area contributed by atoms with Crippen LogP contribution in [0.4, 0.5) is 11.4 Å². The standard InChI is InChI=1S/C28H30N2O3S/c1-3-5-8-20-11-13-21(14-12-20)27(32)29-23-17-15-22(16-18-23)28-30(26(31)19-34-28)24-9-6-7-10-25(24)33-4-2/h6-7,9-18,28H,3-5,8,19H2,1-2H3,(H,29,32)/t28-/m1/s1. The van der Waals surface area contributed by atoms with Crippen molar-refractivity contribution in [3.8, 4) is 5.75 Å². The number of aryl methyl sites for hydroxylation is 1. The summed E-state index contributed by atoms with van der Waals surface area (Å²) in [5.74, 6) is 1.04. The van der Waals surface area contributed by atoms with Crippen molar-refractivity contribution in [1.29, 1.82) is 0 Å². The van der Waals surface area contributed by atoms with Gasteiger partial charge in [-0.2, -0.15) is 0 Å². The van der Waals surface area contributed by atoms with Crippen LogP contribution in [0.15, 0.2) is 72.8 Å². The van der Waals surface area contributed by atoms with Crippen molar-refractivity contribution < 1.29 is 14.3 Å². The van der Waals surface area contributed by atoms with E-state index in [-0.39, 0.29) is 17.2 Å². The molecule has 1 fully saturated rings. The number of unbranched alkanes of at least 4 members (excludes halogenated alkanes) is 1. The number of hydrogen-bond acceptors (Lipinski definition) is 4. The van der Waals surface area contributed by atoms with E-state index in [9.17, 15) is 9.59 Å². The highest BCUT2D eigenvalue weighted by Crippen LogP contribution is 2.44. The van der Waals surface area contributed by atoms with Crippen LogP contribution in [0.2, 0.25) is 0 Å². The molecule has 6 heteroatoms. The molecule has 1 aliphatic rings. The fourth-order valence-electron chi connectivity index (χ4n) is 4.00. The van der Waals surface area contributed by atoms with Gasteiger partial charge in [-0.25, -0.2) is 0 Å². The predicted octanol–water partition coefficient (Wildman–Crippen LogP) is 6.46. The van der Waals surface area contributed by atoms with Crippen LogP contribution < -0.4 is 15.0 Å². The average molecular weight is 475 g/mol. The number of carbonyl (C=O) groups excluding carboxylic acids is 2. The first-order valence-corrected chi connectivity index (χ1v) is 12.8. The molecule has 3 aromatic rings. The summed E-state index contributed by atoms with van der Waals surface area (Å²) in [5.41, 5.74) is 4.39. The van der Waals surface area contributed by atoms with Crippen LogP contribution >= 0.6 is 11.8 Å². The Hall–Kier alpha value is -3.25. The van der Waals surface area contributed by atoms with E-state index < -0.39 is 0 Å². The van der Waals surface area contributed by atoms with Crippen molar-refractivity contribution in [1.82, 2.24) is 0 Å². The van der Waals surface area contributed by atoms with Gasteiger partial charge in [0.2, 0.25) is 5.91 Å². The molecule has 0 radical (unpaired) electrons. The Balaban J connectivity index is 1.46. The third-order valence-corrected chi connectivity index (χ3v) is 6.99. The zero-order chi connectivity index (χ0) is 23.9. The van der Waals surface area contributed by atoms with E-state index in [1.807, 2.05) is 84.6 Å². The zero-order valence-corrected chi connectivity index (χ0v) is 20.4. The summed E-state index contributed by atoms with van der Waals surface area (Å²) in [7, 11) is 0. The van der Waals surface area contributed by atoms with Crippen molar-refractivity contribution in [3.63, 3.8) is 0 Å². The van der Waals surface area contributed by atoms with Gasteiger partial charge in [0.15, 0.2) is 0 Å². The van der Waals surface area contributed by atoms with Crippen molar-refractivity contribution in [2.45, 2.75) is 38.5 Å². The molecular weight excluding hydrogens is 444 g/mol. The number of nitrogens with one attached hydrogen (secondary N) is 1. The molecule has 1 aliphatic heterocycles. The highest BCUT2D eigenvalue weighted by Gasteiger charge is 2.35. The molecule has 1 atom stereocenters. The van der Waals surface area contributed by atoms with Gasteiger partial charge in [0.1, 0.15) is 11.1 Å². The van der Waals surface area contributed by atoms with E-state index in [0.29, 0.717) is 23.7 Å². The maximum absolute atomic E-state index is 12.8. The fraction of sp³-hybridized carbons (Fsp3) is 0.286. The van der Waals surface area contributed by atoms with Crippen LogP contribution in [0, 0.1) is 0 Å². The van der Waals surface area contributed by atoms with Crippen molar-refractivity contribution >= 4 is 35.0 Å². The molecule has 1 heterocycles. The van der Waals surface area contributed by atoms with Gasteiger partial charge in [-0.05, 0) is 67.3 Å². The maximum atomic E-state index is 12.8. The molecule has 0 aromatic heterocycles. The first-order chi connectivity index (χ1) is 16.6. The highest BCUT2D eigenvalue weighted by atomic mass is 32.2. The summed E-state index contributed by atoms with van der Waals surface area (Å²) in [6.07, 6.45) is 3.34. The lowest BCUT2D eigenvalue weighted by atomic mass is 10.1. The van der Waals surface area contributed by atoms with E-state index in [1.165, 1.54) is 5.56 Å². The second-order valence-corrected chi connectivity index (χ2v) is 9.27. The molecule has 2 amide bonds. The number of para-hydroxylation sites is 2. The Kier molecular flexibility index (Phi) is 7.91. The summed E-state index contributed by atoms with van der Waals surface area (Å²) in [6.45, 7) is 4.64. The molecule has 1 saturated heterocycles. The maximum Gasteiger partial charge on any atom is 0.255 e. The summed E-state index contributed by atoms with van der Waals surface area (Å²) >= 11 is 1.59. The number of anilines is 2. The van der Waals surface area contributed by atoms with E-state index in [2.05, 4.69) is 12.2 Å². The molecule has 5 nitrogen and oxygen atoms in total. The Morgan fingerprint density at radius 1 is 1.03 bits per heavy atom. The summed E-state index contributed by atoms with van der Waals surface area (Å²) in [6, 6.07) is 23.2. The van der Waals surface area contributed by atoms with Gasteiger partial charge >= 0.3 is 0 Å². The summed E-state index contributed by atoms with van der Waals surface area (Å²) in [4.78, 5) is 27.2. The molecule has 0 saturated carbocycles. The van der Waals surface area contributed by atoms with Crippen LogP contribution in [0.3, 0.4) is 0 Å². The first kappa shape index (κ1) is 23.9. The van der Waals surface area contributed by atoms with Crippen molar-refractivity contribution in [2.24, 2.45) is 0 Å². The second kappa shape index (κ2) is 11.3. The Bertz CT molecular complexity index is 1130. The molecule has 0 spiro atoms. The SMILES string of the molecule is CCCCc1ccc(C(=O)Nc2ccc([C@H]3SCC(=O)N3c3ccccc3OCC)cc2)cc1. The van der Waals surface area contributed by atoms with Gasteiger partial charge in [0.25, 0.3) is 5.91 Å². The number of amides is 2.